The summed E-state index contributed by atoms with van der Waals surface area (Å²) in [5.74, 6) is -2.14. The summed E-state index contributed by atoms with van der Waals surface area (Å²) in [5, 5.41) is 20.2. The number of hydrogen-bond acceptors (Lipinski definition) is 7. The molecule has 0 saturated carbocycles. The van der Waals surface area contributed by atoms with Gasteiger partial charge in [-0.1, -0.05) is 18.7 Å². The van der Waals surface area contributed by atoms with Crippen molar-refractivity contribution < 1.29 is 28.2 Å². The zero-order valence-corrected chi connectivity index (χ0v) is 25.8. The van der Waals surface area contributed by atoms with Crippen LogP contribution in [0.4, 0.5) is 8.78 Å². The van der Waals surface area contributed by atoms with Gasteiger partial charge in [0, 0.05) is 52.0 Å². The van der Waals surface area contributed by atoms with Gasteiger partial charge in [0.2, 0.25) is 5.91 Å². The zero-order valence-electron chi connectivity index (χ0n) is 25.0. The lowest BCUT2D eigenvalue weighted by molar-refractivity contribution is -0.129. The van der Waals surface area contributed by atoms with Gasteiger partial charge in [0.25, 0.3) is 5.91 Å². The molecule has 2 atom stereocenters. The Labute approximate surface area is 266 Å². The van der Waals surface area contributed by atoms with Crippen molar-refractivity contribution in [2.24, 2.45) is 0 Å². The van der Waals surface area contributed by atoms with Crippen LogP contribution in [0.5, 0.6) is 5.75 Å². The summed E-state index contributed by atoms with van der Waals surface area (Å²) in [5.41, 5.74) is 4.54. The minimum Gasteiger partial charge on any atom is -0.490 e. The molecule has 0 spiro atoms. The van der Waals surface area contributed by atoms with Crippen molar-refractivity contribution >= 4 is 33.2 Å². The standard InChI is InChI=1S/C34H29F2N5O4S/c1-4-28(43)40-8-9-41-26(18(40)3)14-25(39-41)32-30(29-24(36)12-21(35)13-27(29)45-16-17(2)42)33-22(7-10-46-33)31(38-32)19-5-6-20-15-37-34(44)23(20)11-19/h4-7,10-14,17-18,42H,1,8-9,15-16H2,2-3H3,(H,37,44). The number of nitrogens with one attached hydrogen (secondary N) is 1. The van der Waals surface area contributed by atoms with Gasteiger partial charge in [-0.05, 0) is 49.1 Å². The molecule has 2 aliphatic rings. The normalized spacial score (nSPS) is 16.2. The predicted octanol–water partition coefficient (Wildman–Crippen LogP) is 5.86. The lowest BCUT2D eigenvalue weighted by atomic mass is 9.95. The highest BCUT2D eigenvalue weighted by molar-refractivity contribution is 7.18. The number of rotatable bonds is 7. The van der Waals surface area contributed by atoms with Gasteiger partial charge in [0.1, 0.15) is 35.4 Å². The molecule has 0 radical (unpaired) electrons. The Morgan fingerprint density at radius 2 is 2.02 bits per heavy atom. The minimum atomic E-state index is -0.888. The fourth-order valence-electron chi connectivity index (χ4n) is 6.18. The highest BCUT2D eigenvalue weighted by atomic mass is 32.1. The summed E-state index contributed by atoms with van der Waals surface area (Å²) in [4.78, 5) is 32.0. The SMILES string of the molecule is C=CC(=O)N1CCn2nc(-c3nc(-c4ccc5c(c4)C(=O)NC5)c4ccsc4c3-c3c(F)cc(F)cc3OCC(C)O)cc2C1C. The van der Waals surface area contributed by atoms with Gasteiger partial charge in [-0.15, -0.1) is 11.3 Å². The van der Waals surface area contributed by atoms with Crippen LogP contribution in [0.2, 0.25) is 0 Å². The Balaban J connectivity index is 1.50. The molecule has 7 rings (SSSR count). The summed E-state index contributed by atoms with van der Waals surface area (Å²) in [6.45, 7) is 8.15. The maximum Gasteiger partial charge on any atom is 0.251 e. The summed E-state index contributed by atoms with van der Waals surface area (Å²) in [6.07, 6.45) is 0.392. The van der Waals surface area contributed by atoms with E-state index in [1.54, 1.807) is 11.0 Å². The van der Waals surface area contributed by atoms with Crippen molar-refractivity contribution in [3.8, 4) is 39.5 Å². The Morgan fingerprint density at radius 1 is 1.20 bits per heavy atom. The van der Waals surface area contributed by atoms with Crippen LogP contribution >= 0.6 is 11.3 Å². The molecule has 5 heterocycles. The molecule has 0 aliphatic carbocycles. The highest BCUT2D eigenvalue weighted by Crippen LogP contribution is 2.47. The highest BCUT2D eigenvalue weighted by Gasteiger charge is 2.32. The number of aliphatic hydroxyl groups excluding tert-OH is 1. The van der Waals surface area contributed by atoms with Gasteiger partial charge < -0.3 is 20.1 Å². The van der Waals surface area contributed by atoms with Crippen LogP contribution in [0, 0.1) is 11.6 Å². The van der Waals surface area contributed by atoms with E-state index in [-0.39, 0.29) is 35.8 Å². The van der Waals surface area contributed by atoms with E-state index in [1.807, 2.05) is 41.3 Å². The molecule has 0 fully saturated rings. The Bertz CT molecular complexity index is 2070. The average molecular weight is 642 g/mol. The van der Waals surface area contributed by atoms with E-state index in [9.17, 15) is 19.1 Å². The molecule has 2 aromatic carbocycles. The van der Waals surface area contributed by atoms with Crippen LogP contribution in [0.3, 0.4) is 0 Å². The molecule has 0 bridgehead atoms. The second-order valence-electron chi connectivity index (χ2n) is 11.4. The molecule has 12 heteroatoms. The smallest absolute Gasteiger partial charge is 0.251 e. The third-order valence-electron chi connectivity index (χ3n) is 8.38. The first kappa shape index (κ1) is 29.8. The number of thiophene rings is 1. The summed E-state index contributed by atoms with van der Waals surface area (Å²) in [6, 6.07) is 10.9. The Kier molecular flexibility index (Phi) is 7.41. The van der Waals surface area contributed by atoms with E-state index in [0.29, 0.717) is 63.5 Å². The molecule has 3 aromatic heterocycles. The second-order valence-corrected chi connectivity index (χ2v) is 12.3. The number of amides is 2. The number of carbonyl (C=O) groups excluding carboxylic acids is 2. The topological polar surface area (TPSA) is 110 Å². The van der Waals surface area contributed by atoms with E-state index in [4.69, 9.17) is 14.8 Å². The van der Waals surface area contributed by atoms with Crippen LogP contribution in [-0.4, -0.2) is 55.8 Å². The Hall–Kier alpha value is -4.94. The van der Waals surface area contributed by atoms with Gasteiger partial charge in [-0.3, -0.25) is 14.3 Å². The number of hydrogen-bond donors (Lipinski definition) is 2. The Morgan fingerprint density at radius 3 is 2.80 bits per heavy atom. The molecule has 234 valence electrons. The summed E-state index contributed by atoms with van der Waals surface area (Å²) in [7, 11) is 0. The number of pyridine rings is 1. The fraction of sp³-hybridized carbons (Fsp3) is 0.235. The van der Waals surface area contributed by atoms with Gasteiger partial charge in [-0.2, -0.15) is 5.10 Å². The first-order chi connectivity index (χ1) is 22.1. The minimum absolute atomic E-state index is 0.0145. The number of fused-ring (bicyclic) bond motifs is 3. The van der Waals surface area contributed by atoms with Crippen molar-refractivity contribution in [2.75, 3.05) is 13.2 Å². The van der Waals surface area contributed by atoms with Crippen molar-refractivity contribution in [3.63, 3.8) is 0 Å². The van der Waals surface area contributed by atoms with Crippen LogP contribution in [0.1, 0.15) is 41.5 Å². The van der Waals surface area contributed by atoms with Crippen LogP contribution in [0.25, 0.3) is 43.9 Å². The van der Waals surface area contributed by atoms with Gasteiger partial charge in [0.15, 0.2) is 0 Å². The quantitative estimate of drug-likeness (QED) is 0.216. The monoisotopic (exact) mass is 641 g/mol. The van der Waals surface area contributed by atoms with Crippen molar-refractivity contribution in [2.45, 2.75) is 39.1 Å². The van der Waals surface area contributed by atoms with E-state index in [1.165, 1.54) is 24.3 Å². The molecule has 2 aliphatic heterocycles. The molecule has 9 nitrogen and oxygen atoms in total. The maximum absolute atomic E-state index is 16.0. The molecular weight excluding hydrogens is 612 g/mol. The van der Waals surface area contributed by atoms with Crippen LogP contribution < -0.4 is 10.1 Å². The van der Waals surface area contributed by atoms with E-state index < -0.39 is 17.7 Å². The first-order valence-electron chi connectivity index (χ1n) is 14.8. The maximum atomic E-state index is 16.0. The number of halogens is 2. The summed E-state index contributed by atoms with van der Waals surface area (Å²) >= 11 is 1.36. The van der Waals surface area contributed by atoms with Crippen molar-refractivity contribution in [1.82, 2.24) is 25.0 Å². The molecule has 2 unspecified atom stereocenters. The van der Waals surface area contributed by atoms with Crippen molar-refractivity contribution in [1.29, 1.82) is 0 Å². The lowest BCUT2D eigenvalue weighted by Crippen LogP contribution is -2.40. The number of nitrogens with zero attached hydrogens (tertiary/aromatic N) is 4. The third kappa shape index (κ3) is 4.94. The number of benzene rings is 2. The van der Waals surface area contributed by atoms with Crippen molar-refractivity contribution in [3.05, 3.63) is 89.0 Å². The molecule has 2 amide bonds. The molecule has 5 aromatic rings. The van der Waals surface area contributed by atoms with Gasteiger partial charge in [0.05, 0.1) is 35.6 Å². The molecular formula is C34H29F2N5O4S. The zero-order chi connectivity index (χ0) is 32.3. The van der Waals surface area contributed by atoms with Crippen LogP contribution in [-0.2, 0) is 17.9 Å². The predicted molar refractivity (Wildman–Crippen MR) is 170 cm³/mol. The lowest BCUT2D eigenvalue weighted by Gasteiger charge is -2.33. The third-order valence-corrected chi connectivity index (χ3v) is 9.32. The number of aromatic nitrogens is 3. The van der Waals surface area contributed by atoms with E-state index >= 15 is 4.39 Å². The first-order valence-corrected chi connectivity index (χ1v) is 15.7. The van der Waals surface area contributed by atoms with E-state index in [0.717, 1.165) is 23.4 Å². The number of ether oxygens (including phenoxy) is 1. The van der Waals surface area contributed by atoms with Gasteiger partial charge in [-0.25, -0.2) is 13.8 Å². The van der Waals surface area contributed by atoms with Crippen LogP contribution in [0.15, 0.2) is 60.5 Å². The molecule has 0 saturated heterocycles. The number of aliphatic hydroxyl groups is 1. The largest absolute Gasteiger partial charge is 0.490 e. The second kappa shape index (κ2) is 11.5. The molecule has 46 heavy (non-hydrogen) atoms. The van der Waals surface area contributed by atoms with Gasteiger partial charge >= 0.3 is 0 Å². The van der Waals surface area contributed by atoms with E-state index in [2.05, 4.69) is 11.9 Å². The fourth-order valence-corrected chi connectivity index (χ4v) is 7.12. The summed E-state index contributed by atoms with van der Waals surface area (Å²) < 4.78 is 38.8. The number of carbonyl (C=O) groups is 2. The molecule has 2 N–H and O–H groups in total. The average Bonchev–Trinajstić information content (AvgIpc) is 3.78.